The molecular formula is C24H48O2Si. The molecule has 0 aromatic heterocycles. The van der Waals surface area contributed by atoms with E-state index in [4.69, 9.17) is 9.16 Å². The zero-order valence-electron chi connectivity index (χ0n) is 19.0. The third-order valence-electron chi connectivity index (χ3n) is 6.34. The van der Waals surface area contributed by atoms with Gasteiger partial charge in [0.1, 0.15) is 0 Å². The van der Waals surface area contributed by atoms with Crippen LogP contribution in [0.4, 0.5) is 0 Å². The van der Waals surface area contributed by atoms with E-state index in [0.717, 1.165) is 0 Å². The van der Waals surface area contributed by atoms with E-state index >= 15 is 0 Å². The van der Waals surface area contributed by atoms with Crippen molar-refractivity contribution in [1.82, 2.24) is 0 Å². The Kier molecular flexibility index (Phi) is 10.4. The van der Waals surface area contributed by atoms with E-state index in [1.54, 1.807) is 0 Å². The van der Waals surface area contributed by atoms with E-state index in [1.807, 2.05) is 0 Å². The molecule has 2 fully saturated rings. The first-order valence-electron chi connectivity index (χ1n) is 12.3. The van der Waals surface area contributed by atoms with Gasteiger partial charge in [-0.1, -0.05) is 96.8 Å². The number of fused-ring (bicyclic) bond motifs is 1. The second-order valence-electron chi connectivity index (χ2n) is 10.4. The molecule has 1 aliphatic heterocycles. The Morgan fingerprint density at radius 2 is 1.11 bits per heavy atom. The third-order valence-corrected chi connectivity index (χ3v) is 7.39. The third kappa shape index (κ3) is 9.94. The molecule has 1 aliphatic carbocycles. The maximum absolute atomic E-state index is 6.66. The van der Waals surface area contributed by atoms with Crippen LogP contribution in [0.1, 0.15) is 116 Å². The Morgan fingerprint density at radius 1 is 0.704 bits per heavy atom. The molecule has 27 heavy (non-hydrogen) atoms. The first-order valence-corrected chi connectivity index (χ1v) is 15.7. The van der Waals surface area contributed by atoms with Crippen molar-refractivity contribution in [2.45, 2.75) is 154 Å². The molecule has 1 heterocycles. The van der Waals surface area contributed by atoms with Crippen LogP contribution in [0.3, 0.4) is 0 Å². The van der Waals surface area contributed by atoms with Crippen molar-refractivity contribution in [2.75, 3.05) is 0 Å². The van der Waals surface area contributed by atoms with E-state index < -0.39 is 8.32 Å². The summed E-state index contributed by atoms with van der Waals surface area (Å²) in [6, 6.07) is 0. The van der Waals surface area contributed by atoms with Crippen molar-refractivity contribution >= 4 is 8.32 Å². The summed E-state index contributed by atoms with van der Waals surface area (Å²) in [7, 11) is -1.47. The van der Waals surface area contributed by atoms with E-state index in [9.17, 15) is 0 Å². The normalized spacial score (nSPS) is 27.1. The highest BCUT2D eigenvalue weighted by Gasteiger charge is 2.56. The van der Waals surface area contributed by atoms with Crippen LogP contribution in [0.2, 0.25) is 19.6 Å². The van der Waals surface area contributed by atoms with Crippen LogP contribution in [0.25, 0.3) is 0 Å². The van der Waals surface area contributed by atoms with Crippen LogP contribution in [-0.4, -0.2) is 26.1 Å². The Bertz CT molecular complexity index is 380. The van der Waals surface area contributed by atoms with Crippen molar-refractivity contribution in [3.8, 4) is 0 Å². The monoisotopic (exact) mass is 396 g/mol. The van der Waals surface area contributed by atoms with Crippen molar-refractivity contribution in [2.24, 2.45) is 0 Å². The molecule has 2 aliphatic rings. The minimum atomic E-state index is -1.47. The maximum atomic E-state index is 6.66. The van der Waals surface area contributed by atoms with Gasteiger partial charge in [0.15, 0.2) is 8.32 Å². The number of unbranched alkanes of at least 4 members (excludes halogenated alkanes) is 13. The van der Waals surface area contributed by atoms with E-state index in [0.29, 0.717) is 12.2 Å². The van der Waals surface area contributed by atoms with Gasteiger partial charge >= 0.3 is 0 Å². The first kappa shape index (κ1) is 23.4. The lowest BCUT2D eigenvalue weighted by Crippen LogP contribution is -2.42. The fourth-order valence-electron chi connectivity index (χ4n) is 4.98. The number of hydrogen-bond donors (Lipinski definition) is 0. The predicted molar refractivity (Wildman–Crippen MR) is 120 cm³/mol. The minimum Gasteiger partial charge on any atom is -0.412 e. The Balaban J connectivity index is 1.41. The van der Waals surface area contributed by atoms with E-state index in [1.165, 1.54) is 109 Å². The lowest BCUT2D eigenvalue weighted by Gasteiger charge is -2.37. The van der Waals surface area contributed by atoms with Crippen LogP contribution in [0.15, 0.2) is 0 Å². The van der Waals surface area contributed by atoms with Gasteiger partial charge in [0, 0.05) is 12.8 Å². The van der Waals surface area contributed by atoms with Gasteiger partial charge in [0.25, 0.3) is 0 Å². The van der Waals surface area contributed by atoms with Gasteiger partial charge in [-0.05, 0) is 26.1 Å². The standard InChI is InChI=1S/C24H48O2Si/c1-5-6-7-8-9-10-11-12-13-14-15-16-17-18-19-24(26-27(2,3)4)20-22-23(21-24)25-22/h22-23H,5-21H2,1-4H3/t22-,23+,24?. The van der Waals surface area contributed by atoms with Crippen LogP contribution < -0.4 is 0 Å². The summed E-state index contributed by atoms with van der Waals surface area (Å²) in [4.78, 5) is 0. The molecule has 2 rings (SSSR count). The maximum Gasteiger partial charge on any atom is 0.184 e. The predicted octanol–water partition coefficient (Wildman–Crippen LogP) is 8.01. The fraction of sp³-hybridized carbons (Fsp3) is 1.00. The molecule has 0 amide bonds. The molecule has 0 spiro atoms. The van der Waals surface area contributed by atoms with Gasteiger partial charge in [-0.25, -0.2) is 0 Å². The summed E-state index contributed by atoms with van der Waals surface area (Å²) >= 11 is 0. The summed E-state index contributed by atoms with van der Waals surface area (Å²) in [6.07, 6.45) is 24.7. The zero-order valence-corrected chi connectivity index (χ0v) is 20.0. The summed E-state index contributed by atoms with van der Waals surface area (Å²) in [5.74, 6) is 0. The Labute approximate surface area is 171 Å². The van der Waals surface area contributed by atoms with Gasteiger partial charge in [-0.3, -0.25) is 0 Å². The smallest absolute Gasteiger partial charge is 0.184 e. The topological polar surface area (TPSA) is 21.8 Å². The second-order valence-corrected chi connectivity index (χ2v) is 14.8. The fourth-order valence-corrected chi connectivity index (χ4v) is 6.55. The molecule has 1 saturated heterocycles. The molecule has 0 aromatic carbocycles. The van der Waals surface area contributed by atoms with Crippen LogP contribution >= 0.6 is 0 Å². The minimum absolute atomic E-state index is 0.176. The molecule has 0 radical (unpaired) electrons. The number of hydrogen-bond acceptors (Lipinski definition) is 2. The number of rotatable bonds is 17. The zero-order chi connectivity index (χ0) is 19.6. The molecule has 2 nitrogen and oxygen atoms in total. The van der Waals surface area contributed by atoms with E-state index in [-0.39, 0.29) is 5.60 Å². The van der Waals surface area contributed by atoms with Crippen molar-refractivity contribution in [3.05, 3.63) is 0 Å². The SMILES string of the molecule is CCCCCCCCCCCCCCCCC1(O[Si](C)(C)C)C[C@@H]2O[C@@H]2C1. The summed E-state index contributed by atoms with van der Waals surface area (Å²) in [6.45, 7) is 9.31. The van der Waals surface area contributed by atoms with Crippen molar-refractivity contribution in [1.29, 1.82) is 0 Å². The molecule has 1 unspecified atom stereocenters. The average molecular weight is 397 g/mol. The van der Waals surface area contributed by atoms with Gasteiger partial charge in [0.2, 0.25) is 0 Å². The number of ether oxygens (including phenoxy) is 1. The van der Waals surface area contributed by atoms with Crippen LogP contribution in [-0.2, 0) is 9.16 Å². The molecular weight excluding hydrogens is 348 g/mol. The highest BCUT2D eigenvalue weighted by molar-refractivity contribution is 6.69. The van der Waals surface area contributed by atoms with E-state index in [2.05, 4.69) is 26.6 Å². The van der Waals surface area contributed by atoms with Gasteiger partial charge in [0.05, 0.1) is 17.8 Å². The molecule has 1 saturated carbocycles. The molecule has 0 aromatic rings. The average Bonchev–Trinajstić information content (AvgIpc) is 3.21. The summed E-state index contributed by atoms with van der Waals surface area (Å²) in [5, 5.41) is 0. The lowest BCUT2D eigenvalue weighted by atomic mass is 9.93. The van der Waals surface area contributed by atoms with Gasteiger partial charge in [-0.2, -0.15) is 0 Å². The Hall–Kier alpha value is 0.137. The summed E-state index contributed by atoms with van der Waals surface area (Å²) < 4.78 is 12.3. The highest BCUT2D eigenvalue weighted by atomic mass is 28.4. The molecule has 0 bridgehead atoms. The van der Waals surface area contributed by atoms with Gasteiger partial charge in [-0.15, -0.1) is 0 Å². The summed E-state index contributed by atoms with van der Waals surface area (Å²) in [5.41, 5.74) is 0.176. The van der Waals surface area contributed by atoms with Crippen molar-refractivity contribution in [3.63, 3.8) is 0 Å². The lowest BCUT2D eigenvalue weighted by molar-refractivity contribution is 0.0200. The van der Waals surface area contributed by atoms with Crippen molar-refractivity contribution < 1.29 is 9.16 Å². The molecule has 3 atom stereocenters. The molecule has 0 N–H and O–H groups in total. The number of epoxide rings is 1. The van der Waals surface area contributed by atoms with Gasteiger partial charge < -0.3 is 9.16 Å². The Morgan fingerprint density at radius 3 is 1.52 bits per heavy atom. The second kappa shape index (κ2) is 12.0. The molecule has 3 heteroatoms. The molecule has 160 valence electrons. The van der Waals surface area contributed by atoms with Crippen LogP contribution in [0, 0.1) is 0 Å². The first-order chi connectivity index (χ1) is 12.9. The highest BCUT2D eigenvalue weighted by Crippen LogP contribution is 2.50. The van der Waals surface area contributed by atoms with Crippen LogP contribution in [0.5, 0.6) is 0 Å². The largest absolute Gasteiger partial charge is 0.412 e. The quantitative estimate of drug-likeness (QED) is 0.141.